The Bertz CT molecular complexity index is 737. The zero-order valence-electron chi connectivity index (χ0n) is 13.8. The number of carbonyl (C=O) groups is 1. The summed E-state index contributed by atoms with van der Waals surface area (Å²) >= 11 is 0. The molecule has 24 heavy (non-hydrogen) atoms. The Labute approximate surface area is 141 Å². The lowest BCUT2D eigenvalue weighted by atomic mass is 10.1. The minimum absolute atomic E-state index is 0.233. The van der Waals surface area contributed by atoms with Crippen LogP contribution in [0.4, 0.5) is 4.39 Å². The van der Waals surface area contributed by atoms with Gasteiger partial charge in [0.1, 0.15) is 11.5 Å². The van der Waals surface area contributed by atoms with Crippen LogP contribution in [0.5, 0.6) is 0 Å². The Kier molecular flexibility index (Phi) is 6.37. The topological polar surface area (TPSA) is 54.4 Å². The lowest BCUT2D eigenvalue weighted by molar-refractivity contribution is -0.114. The minimum atomic E-state index is -0.288. The molecule has 0 fully saturated rings. The van der Waals surface area contributed by atoms with E-state index in [4.69, 9.17) is 0 Å². The van der Waals surface area contributed by atoms with Crippen LogP contribution in [0.15, 0.2) is 59.9 Å². The number of hydrogen-bond donors (Lipinski definition) is 1. The maximum atomic E-state index is 13.0. The van der Waals surface area contributed by atoms with Crippen LogP contribution in [0.3, 0.4) is 0 Å². The van der Waals surface area contributed by atoms with Crippen molar-refractivity contribution in [2.75, 3.05) is 13.6 Å². The molecule has 2 aromatic rings. The first-order valence-electron chi connectivity index (χ1n) is 7.68. The van der Waals surface area contributed by atoms with E-state index in [1.165, 1.54) is 12.1 Å². The lowest BCUT2D eigenvalue weighted by Gasteiger charge is -2.07. The van der Waals surface area contributed by atoms with Gasteiger partial charge in [0.05, 0.1) is 0 Å². The molecule has 1 N–H and O–H groups in total. The number of rotatable bonds is 6. The Morgan fingerprint density at radius 3 is 2.67 bits per heavy atom. The second-order valence-corrected chi connectivity index (χ2v) is 5.31. The molecule has 5 heteroatoms. The molecule has 0 unspecified atom stereocenters. The highest BCUT2D eigenvalue weighted by Gasteiger charge is 2.08. The molecule has 0 radical (unpaired) electrons. The smallest absolute Gasteiger partial charge is 0.269 e. The number of carbonyl (C=O) groups excluding carboxylic acids is 1. The number of hydrogen-bond acceptors (Lipinski definition) is 3. The van der Waals surface area contributed by atoms with Gasteiger partial charge in [-0.2, -0.15) is 0 Å². The highest BCUT2D eigenvalue weighted by Crippen LogP contribution is 2.14. The number of pyridine rings is 1. The predicted molar refractivity (Wildman–Crippen MR) is 94.4 cm³/mol. The van der Waals surface area contributed by atoms with Gasteiger partial charge in [-0.05, 0) is 54.3 Å². The summed E-state index contributed by atoms with van der Waals surface area (Å²) in [5.41, 5.74) is 3.09. The maximum absolute atomic E-state index is 13.0. The molecule has 2 rings (SSSR count). The molecule has 0 atom stereocenters. The number of nitrogens with one attached hydrogen (secondary N) is 1. The molecule has 0 aliphatic heterocycles. The van der Waals surface area contributed by atoms with Crippen molar-refractivity contribution in [1.82, 2.24) is 10.3 Å². The van der Waals surface area contributed by atoms with E-state index in [1.54, 1.807) is 37.7 Å². The van der Waals surface area contributed by atoms with Crippen molar-refractivity contribution in [2.24, 2.45) is 4.99 Å². The minimum Gasteiger partial charge on any atom is -0.350 e. The summed E-state index contributed by atoms with van der Waals surface area (Å²) in [7, 11) is 1.57. The number of amides is 1. The molecule has 124 valence electrons. The summed E-state index contributed by atoms with van der Waals surface area (Å²) in [5, 5.41) is 2.85. The summed E-state index contributed by atoms with van der Waals surface area (Å²) in [6.07, 6.45) is 5.90. The number of nitrogens with zero attached hydrogens (tertiary/aromatic N) is 2. The van der Waals surface area contributed by atoms with E-state index in [9.17, 15) is 9.18 Å². The molecule has 4 nitrogen and oxygen atoms in total. The number of halogens is 1. The first-order chi connectivity index (χ1) is 11.6. The first kappa shape index (κ1) is 17.5. The van der Waals surface area contributed by atoms with Gasteiger partial charge < -0.3 is 5.32 Å². The molecule has 1 amide bonds. The van der Waals surface area contributed by atoms with Gasteiger partial charge >= 0.3 is 0 Å². The molecule has 0 saturated heterocycles. The zero-order chi connectivity index (χ0) is 17.4. The van der Waals surface area contributed by atoms with Crippen LogP contribution in [0, 0.1) is 5.82 Å². The van der Waals surface area contributed by atoms with E-state index < -0.39 is 0 Å². The van der Waals surface area contributed by atoms with Crippen LogP contribution in [0.1, 0.15) is 18.1 Å². The van der Waals surface area contributed by atoms with Gasteiger partial charge in [0.25, 0.3) is 5.91 Å². The molecule has 0 saturated carbocycles. The van der Waals surface area contributed by atoms with Crippen LogP contribution >= 0.6 is 0 Å². The van der Waals surface area contributed by atoms with Gasteiger partial charge in [-0.3, -0.25) is 14.8 Å². The highest BCUT2D eigenvalue weighted by atomic mass is 19.1. The molecule has 0 spiro atoms. The van der Waals surface area contributed by atoms with Crippen molar-refractivity contribution >= 4 is 17.2 Å². The summed E-state index contributed by atoms with van der Waals surface area (Å²) in [4.78, 5) is 20.3. The SMILES string of the molecule is CN=C(/C=C(\C)c1ccc(F)cc1)C(=O)NCCc1cccnc1. The molecule has 1 aromatic carbocycles. The monoisotopic (exact) mass is 325 g/mol. The molecule has 0 bridgehead atoms. The number of aliphatic imine (C=N–C) groups is 1. The van der Waals surface area contributed by atoms with E-state index >= 15 is 0 Å². The largest absolute Gasteiger partial charge is 0.350 e. The van der Waals surface area contributed by atoms with E-state index in [2.05, 4.69) is 15.3 Å². The van der Waals surface area contributed by atoms with Crippen molar-refractivity contribution in [1.29, 1.82) is 0 Å². The van der Waals surface area contributed by atoms with E-state index in [-0.39, 0.29) is 11.7 Å². The van der Waals surface area contributed by atoms with Gasteiger partial charge in [0, 0.05) is 26.0 Å². The van der Waals surface area contributed by atoms with Gasteiger partial charge in [0.15, 0.2) is 0 Å². The molecule has 1 aromatic heterocycles. The third-order valence-corrected chi connectivity index (χ3v) is 3.55. The fourth-order valence-corrected chi connectivity index (χ4v) is 2.19. The number of aromatic nitrogens is 1. The predicted octanol–water partition coefficient (Wildman–Crippen LogP) is 3.05. The second kappa shape index (κ2) is 8.72. The second-order valence-electron chi connectivity index (χ2n) is 5.31. The van der Waals surface area contributed by atoms with E-state index in [0.717, 1.165) is 16.7 Å². The normalized spacial score (nSPS) is 12.1. The van der Waals surface area contributed by atoms with Crippen LogP contribution in [0.25, 0.3) is 5.57 Å². The van der Waals surface area contributed by atoms with Crippen molar-refractivity contribution in [3.05, 3.63) is 71.8 Å². The van der Waals surface area contributed by atoms with Crippen molar-refractivity contribution in [3.8, 4) is 0 Å². The fourth-order valence-electron chi connectivity index (χ4n) is 2.19. The quantitative estimate of drug-likeness (QED) is 0.830. The Balaban J connectivity index is 1.96. The van der Waals surface area contributed by atoms with Gasteiger partial charge in [-0.25, -0.2) is 4.39 Å². The van der Waals surface area contributed by atoms with Crippen LogP contribution in [-0.4, -0.2) is 30.2 Å². The third kappa shape index (κ3) is 5.12. The average Bonchev–Trinajstić information content (AvgIpc) is 2.60. The summed E-state index contributed by atoms with van der Waals surface area (Å²) in [5.74, 6) is -0.521. The van der Waals surface area contributed by atoms with Crippen LogP contribution in [-0.2, 0) is 11.2 Å². The Morgan fingerprint density at radius 2 is 2.04 bits per heavy atom. The van der Waals surface area contributed by atoms with Gasteiger partial charge in [-0.1, -0.05) is 18.2 Å². The number of allylic oxidation sites excluding steroid dienone is 1. The van der Waals surface area contributed by atoms with Crippen molar-refractivity contribution < 1.29 is 9.18 Å². The van der Waals surface area contributed by atoms with E-state index in [1.807, 2.05) is 19.1 Å². The highest BCUT2D eigenvalue weighted by molar-refractivity contribution is 6.44. The van der Waals surface area contributed by atoms with Gasteiger partial charge in [-0.15, -0.1) is 0 Å². The summed E-state index contributed by atoms with van der Waals surface area (Å²) < 4.78 is 13.0. The van der Waals surface area contributed by atoms with Crippen molar-refractivity contribution in [3.63, 3.8) is 0 Å². The Hall–Kier alpha value is -2.82. The van der Waals surface area contributed by atoms with Gasteiger partial charge in [0.2, 0.25) is 0 Å². The van der Waals surface area contributed by atoms with Crippen LogP contribution < -0.4 is 5.32 Å². The third-order valence-electron chi connectivity index (χ3n) is 3.55. The summed E-state index contributed by atoms with van der Waals surface area (Å²) in [6.45, 7) is 2.37. The van der Waals surface area contributed by atoms with Crippen LogP contribution in [0.2, 0.25) is 0 Å². The fraction of sp³-hybridized carbons (Fsp3) is 0.211. The standard InChI is InChI=1S/C19H20FN3O/c1-14(16-5-7-17(20)8-6-16)12-18(21-2)19(24)23-11-9-15-4-3-10-22-13-15/h3-8,10,12-13H,9,11H2,1-2H3,(H,23,24)/b14-12+,21-18?. The molecule has 0 aliphatic carbocycles. The maximum Gasteiger partial charge on any atom is 0.269 e. The molecule has 0 aliphatic rings. The first-order valence-corrected chi connectivity index (χ1v) is 7.68. The molecular weight excluding hydrogens is 305 g/mol. The Morgan fingerprint density at radius 1 is 1.29 bits per heavy atom. The molecular formula is C19H20FN3O. The average molecular weight is 325 g/mol. The zero-order valence-corrected chi connectivity index (χ0v) is 13.8. The van der Waals surface area contributed by atoms with E-state index in [0.29, 0.717) is 18.7 Å². The summed E-state index contributed by atoms with van der Waals surface area (Å²) in [6, 6.07) is 9.97. The lowest BCUT2D eigenvalue weighted by Crippen LogP contribution is -2.31. The number of benzene rings is 1. The van der Waals surface area contributed by atoms with Crippen molar-refractivity contribution in [2.45, 2.75) is 13.3 Å². The molecule has 1 heterocycles.